The van der Waals surface area contributed by atoms with Crippen molar-refractivity contribution in [2.24, 2.45) is 5.73 Å². The van der Waals surface area contributed by atoms with Gasteiger partial charge < -0.3 is 14.9 Å². The highest BCUT2D eigenvalue weighted by atomic mass is 35.5. The third kappa shape index (κ3) is 4.59. The van der Waals surface area contributed by atoms with Crippen LogP contribution in [0.25, 0.3) is 0 Å². The third-order valence-corrected chi connectivity index (χ3v) is 4.90. The molecule has 0 aliphatic carbocycles. The second-order valence-corrected chi connectivity index (χ2v) is 7.21. The first-order valence-corrected chi connectivity index (χ1v) is 9.07. The number of nitrogens with two attached hydrogens (primary N) is 1. The number of aromatic nitrogens is 3. The molecule has 1 amide bonds. The molecule has 1 aromatic carbocycles. The van der Waals surface area contributed by atoms with Crippen molar-refractivity contribution in [3.8, 4) is 5.75 Å². The SMILES string of the molecule is C[C@H](Sc1nnc(COc2ccc(Cl)cc2)n1Cc1ccco1)C(N)=O. The minimum atomic E-state index is -0.431. The second kappa shape index (κ2) is 8.29. The first kappa shape index (κ1) is 18.3. The monoisotopic (exact) mass is 392 g/mol. The smallest absolute Gasteiger partial charge is 0.230 e. The Kier molecular flexibility index (Phi) is 5.85. The number of hydrogen-bond acceptors (Lipinski definition) is 6. The molecule has 136 valence electrons. The number of ether oxygens (including phenoxy) is 1. The summed E-state index contributed by atoms with van der Waals surface area (Å²) in [4.78, 5) is 11.4. The van der Waals surface area contributed by atoms with E-state index < -0.39 is 11.2 Å². The molecule has 26 heavy (non-hydrogen) atoms. The summed E-state index contributed by atoms with van der Waals surface area (Å²) in [7, 11) is 0. The van der Waals surface area contributed by atoms with Crippen molar-refractivity contribution >= 4 is 29.3 Å². The number of hydrogen-bond donors (Lipinski definition) is 1. The largest absolute Gasteiger partial charge is 0.486 e. The molecule has 2 aromatic heterocycles. The van der Waals surface area contributed by atoms with Gasteiger partial charge in [-0.25, -0.2) is 0 Å². The minimum absolute atomic E-state index is 0.209. The van der Waals surface area contributed by atoms with Crippen LogP contribution in [0, 0.1) is 0 Å². The predicted octanol–water partition coefficient (Wildman–Crippen LogP) is 3.12. The topological polar surface area (TPSA) is 96.2 Å². The molecule has 0 saturated heterocycles. The molecular formula is C17H17ClN4O3S. The van der Waals surface area contributed by atoms with Crippen LogP contribution in [-0.4, -0.2) is 25.9 Å². The van der Waals surface area contributed by atoms with Gasteiger partial charge in [0.05, 0.1) is 18.1 Å². The molecule has 0 bridgehead atoms. The maximum absolute atomic E-state index is 11.4. The lowest BCUT2D eigenvalue weighted by Gasteiger charge is -2.11. The predicted molar refractivity (Wildman–Crippen MR) is 98.1 cm³/mol. The molecule has 0 aliphatic heterocycles. The van der Waals surface area contributed by atoms with E-state index in [1.807, 2.05) is 16.7 Å². The number of thioether (sulfide) groups is 1. The number of furan rings is 1. The van der Waals surface area contributed by atoms with Crippen LogP contribution in [0.5, 0.6) is 5.75 Å². The first-order chi connectivity index (χ1) is 12.5. The normalized spacial score (nSPS) is 12.1. The van der Waals surface area contributed by atoms with Gasteiger partial charge in [0.15, 0.2) is 11.0 Å². The van der Waals surface area contributed by atoms with Crippen molar-refractivity contribution in [1.29, 1.82) is 0 Å². The fourth-order valence-corrected chi connectivity index (χ4v) is 3.07. The zero-order valence-corrected chi connectivity index (χ0v) is 15.5. The summed E-state index contributed by atoms with van der Waals surface area (Å²) in [5, 5.41) is 9.14. The van der Waals surface area contributed by atoms with E-state index >= 15 is 0 Å². The van der Waals surface area contributed by atoms with Gasteiger partial charge in [0.25, 0.3) is 0 Å². The van der Waals surface area contributed by atoms with Crippen LogP contribution in [0.1, 0.15) is 18.5 Å². The summed E-state index contributed by atoms with van der Waals surface area (Å²) in [6.07, 6.45) is 1.60. The number of benzene rings is 1. The third-order valence-electron chi connectivity index (χ3n) is 3.55. The number of nitrogens with zero attached hydrogens (tertiary/aromatic N) is 3. The Bertz CT molecular complexity index is 865. The fraction of sp³-hybridized carbons (Fsp3) is 0.235. The molecule has 0 fully saturated rings. The summed E-state index contributed by atoms with van der Waals surface area (Å²) < 4.78 is 13.0. The lowest BCUT2D eigenvalue weighted by Crippen LogP contribution is -2.23. The lowest BCUT2D eigenvalue weighted by molar-refractivity contribution is -0.117. The fourth-order valence-electron chi connectivity index (χ4n) is 2.13. The molecule has 0 spiro atoms. The van der Waals surface area contributed by atoms with Crippen molar-refractivity contribution in [1.82, 2.24) is 14.8 Å². The molecule has 2 N–H and O–H groups in total. The number of carbonyl (C=O) groups is 1. The Morgan fingerprint density at radius 2 is 2.12 bits per heavy atom. The zero-order chi connectivity index (χ0) is 18.5. The van der Waals surface area contributed by atoms with Crippen molar-refractivity contribution in [2.75, 3.05) is 0 Å². The summed E-state index contributed by atoms with van der Waals surface area (Å²) >= 11 is 7.12. The number of halogens is 1. The maximum atomic E-state index is 11.4. The van der Waals surface area contributed by atoms with Gasteiger partial charge in [0.2, 0.25) is 5.91 Å². The average molecular weight is 393 g/mol. The van der Waals surface area contributed by atoms with E-state index in [4.69, 9.17) is 26.5 Å². The number of carbonyl (C=O) groups excluding carboxylic acids is 1. The minimum Gasteiger partial charge on any atom is -0.486 e. The molecule has 3 aromatic rings. The number of primary amides is 1. The Labute approximate surface area is 159 Å². The molecule has 0 unspecified atom stereocenters. The van der Waals surface area contributed by atoms with Gasteiger partial charge in [-0.05, 0) is 43.3 Å². The van der Waals surface area contributed by atoms with Crippen LogP contribution in [0.2, 0.25) is 5.02 Å². The quantitative estimate of drug-likeness (QED) is 0.591. The lowest BCUT2D eigenvalue weighted by atomic mass is 10.3. The Balaban J connectivity index is 1.80. The molecule has 2 heterocycles. The van der Waals surface area contributed by atoms with Crippen LogP contribution in [0.15, 0.2) is 52.2 Å². The molecule has 0 saturated carbocycles. The molecule has 1 atom stereocenters. The van der Waals surface area contributed by atoms with Gasteiger partial charge in [-0.1, -0.05) is 23.4 Å². The Hall–Kier alpha value is -2.45. The van der Waals surface area contributed by atoms with Crippen LogP contribution in [-0.2, 0) is 17.9 Å². The van der Waals surface area contributed by atoms with E-state index in [-0.39, 0.29) is 6.61 Å². The Morgan fingerprint density at radius 1 is 1.35 bits per heavy atom. The van der Waals surface area contributed by atoms with Crippen LogP contribution in [0.4, 0.5) is 0 Å². The van der Waals surface area contributed by atoms with Gasteiger partial charge >= 0.3 is 0 Å². The van der Waals surface area contributed by atoms with Crippen molar-refractivity contribution in [3.63, 3.8) is 0 Å². The summed E-state index contributed by atoms with van der Waals surface area (Å²) in [6.45, 7) is 2.36. The summed E-state index contributed by atoms with van der Waals surface area (Å²) in [5.41, 5.74) is 5.35. The van der Waals surface area contributed by atoms with Crippen LogP contribution < -0.4 is 10.5 Å². The molecule has 0 radical (unpaired) electrons. The standard InChI is InChI=1S/C17H17ClN4O3S/c1-11(16(19)23)26-17-21-20-15(22(17)9-14-3-2-8-24-14)10-25-13-6-4-12(18)5-7-13/h2-8,11H,9-10H2,1H3,(H2,19,23)/t11-/m0/s1. The molecule has 3 rings (SSSR count). The van der Waals surface area contributed by atoms with Gasteiger partial charge in [0.1, 0.15) is 18.1 Å². The van der Waals surface area contributed by atoms with Crippen molar-refractivity contribution in [2.45, 2.75) is 30.5 Å². The van der Waals surface area contributed by atoms with Crippen LogP contribution >= 0.6 is 23.4 Å². The van der Waals surface area contributed by atoms with Gasteiger partial charge in [-0.3, -0.25) is 9.36 Å². The van der Waals surface area contributed by atoms with Crippen molar-refractivity contribution in [3.05, 3.63) is 59.3 Å². The highest BCUT2D eigenvalue weighted by Crippen LogP contribution is 2.24. The van der Waals surface area contributed by atoms with E-state index in [1.165, 1.54) is 11.8 Å². The van der Waals surface area contributed by atoms with Gasteiger partial charge in [0, 0.05) is 5.02 Å². The van der Waals surface area contributed by atoms with E-state index in [0.717, 1.165) is 5.76 Å². The van der Waals surface area contributed by atoms with Gasteiger partial charge in [-0.15, -0.1) is 10.2 Å². The average Bonchev–Trinajstić information content (AvgIpc) is 3.26. The van der Waals surface area contributed by atoms with E-state index in [2.05, 4.69) is 10.2 Å². The summed E-state index contributed by atoms with van der Waals surface area (Å²) in [6, 6.07) is 10.7. The van der Waals surface area contributed by atoms with E-state index in [9.17, 15) is 4.79 Å². The maximum Gasteiger partial charge on any atom is 0.230 e. The molecule has 0 aliphatic rings. The Morgan fingerprint density at radius 3 is 2.77 bits per heavy atom. The van der Waals surface area contributed by atoms with Crippen LogP contribution in [0.3, 0.4) is 0 Å². The number of amides is 1. The second-order valence-electron chi connectivity index (χ2n) is 5.47. The summed E-state index contributed by atoms with van der Waals surface area (Å²) in [5.74, 6) is 1.60. The van der Waals surface area contributed by atoms with E-state index in [0.29, 0.717) is 28.3 Å². The first-order valence-electron chi connectivity index (χ1n) is 7.81. The van der Waals surface area contributed by atoms with E-state index in [1.54, 1.807) is 37.5 Å². The highest BCUT2D eigenvalue weighted by Gasteiger charge is 2.19. The number of rotatable bonds is 8. The zero-order valence-electron chi connectivity index (χ0n) is 14.0. The molecule has 9 heteroatoms. The molecular weight excluding hydrogens is 376 g/mol. The van der Waals surface area contributed by atoms with Crippen molar-refractivity contribution < 1.29 is 13.9 Å². The highest BCUT2D eigenvalue weighted by molar-refractivity contribution is 8.00. The van der Waals surface area contributed by atoms with Gasteiger partial charge in [-0.2, -0.15) is 0 Å². The molecule has 7 nitrogen and oxygen atoms in total.